The van der Waals surface area contributed by atoms with Crippen molar-refractivity contribution in [1.29, 1.82) is 0 Å². The number of aromatic nitrogens is 1. The van der Waals surface area contributed by atoms with Crippen LogP contribution < -0.4 is 10.5 Å². The molecule has 1 aliphatic rings. The summed E-state index contributed by atoms with van der Waals surface area (Å²) in [6, 6.07) is 7.98. The predicted molar refractivity (Wildman–Crippen MR) is 93.5 cm³/mol. The van der Waals surface area contributed by atoms with Crippen LogP contribution in [0.2, 0.25) is 0 Å². The minimum atomic E-state index is -0.497. The van der Waals surface area contributed by atoms with E-state index in [4.69, 9.17) is 10.5 Å². The fraction of sp³-hybridized carbons (Fsp3) is 0.263. The van der Waals surface area contributed by atoms with Crippen LogP contribution in [0.1, 0.15) is 12.0 Å². The number of benzene rings is 1. The summed E-state index contributed by atoms with van der Waals surface area (Å²) in [5.41, 5.74) is 6.23. The maximum atomic E-state index is 14.2. The molecule has 5 nitrogen and oxygen atoms in total. The SMILES string of the molecule is NCC1CCN(C(=O)C=Cc2ccc(Oc3cccnc3)c(F)c2)C1. The van der Waals surface area contributed by atoms with Crippen LogP contribution in [0.3, 0.4) is 0 Å². The van der Waals surface area contributed by atoms with Gasteiger partial charge in [0.25, 0.3) is 0 Å². The highest BCUT2D eigenvalue weighted by molar-refractivity contribution is 5.92. The molecular weight excluding hydrogens is 321 g/mol. The highest BCUT2D eigenvalue weighted by atomic mass is 19.1. The molecule has 1 aromatic carbocycles. The highest BCUT2D eigenvalue weighted by Crippen LogP contribution is 2.25. The van der Waals surface area contributed by atoms with Gasteiger partial charge in [0.1, 0.15) is 5.75 Å². The monoisotopic (exact) mass is 341 g/mol. The van der Waals surface area contributed by atoms with Crippen molar-refractivity contribution in [3.05, 3.63) is 60.2 Å². The molecule has 0 saturated carbocycles. The van der Waals surface area contributed by atoms with Gasteiger partial charge < -0.3 is 15.4 Å². The molecule has 0 spiro atoms. The average Bonchev–Trinajstić information content (AvgIpc) is 3.12. The number of nitrogens with two attached hydrogens (primary N) is 1. The van der Waals surface area contributed by atoms with Crippen LogP contribution >= 0.6 is 0 Å². The number of rotatable bonds is 5. The van der Waals surface area contributed by atoms with Crippen LogP contribution in [-0.2, 0) is 4.79 Å². The van der Waals surface area contributed by atoms with E-state index in [2.05, 4.69) is 4.98 Å². The summed E-state index contributed by atoms with van der Waals surface area (Å²) in [6.07, 6.45) is 7.14. The first-order valence-corrected chi connectivity index (χ1v) is 8.20. The number of pyridine rings is 1. The molecule has 130 valence electrons. The Morgan fingerprint density at radius 2 is 2.32 bits per heavy atom. The largest absolute Gasteiger partial charge is 0.453 e. The van der Waals surface area contributed by atoms with Crippen molar-refractivity contribution in [2.24, 2.45) is 11.7 Å². The Morgan fingerprint density at radius 3 is 3.00 bits per heavy atom. The lowest BCUT2D eigenvalue weighted by Gasteiger charge is -2.13. The molecule has 1 atom stereocenters. The Labute approximate surface area is 145 Å². The van der Waals surface area contributed by atoms with E-state index in [-0.39, 0.29) is 11.7 Å². The standard InChI is InChI=1S/C19H20FN3O2/c20-17-10-14(3-5-18(17)25-16-2-1-8-22-12-16)4-6-19(24)23-9-7-15(11-21)13-23/h1-6,8,10,12,15H,7,9,11,13,21H2. The van der Waals surface area contributed by atoms with Crippen molar-refractivity contribution in [2.45, 2.75) is 6.42 Å². The molecule has 1 amide bonds. The number of carbonyl (C=O) groups excluding carboxylic acids is 1. The second-order valence-corrected chi connectivity index (χ2v) is 5.99. The van der Waals surface area contributed by atoms with Crippen LogP contribution in [0.4, 0.5) is 4.39 Å². The molecule has 0 radical (unpaired) electrons. The van der Waals surface area contributed by atoms with Gasteiger partial charge in [-0.1, -0.05) is 6.07 Å². The molecule has 0 bridgehead atoms. The molecule has 2 N–H and O–H groups in total. The second kappa shape index (κ2) is 7.90. The molecule has 1 fully saturated rings. The summed E-state index contributed by atoms with van der Waals surface area (Å²) in [7, 11) is 0. The van der Waals surface area contributed by atoms with Crippen molar-refractivity contribution in [2.75, 3.05) is 19.6 Å². The van der Waals surface area contributed by atoms with Crippen LogP contribution in [0.25, 0.3) is 6.08 Å². The lowest BCUT2D eigenvalue weighted by Crippen LogP contribution is -2.28. The molecule has 1 aliphatic heterocycles. The Kier molecular flexibility index (Phi) is 5.40. The van der Waals surface area contributed by atoms with Crippen molar-refractivity contribution < 1.29 is 13.9 Å². The first kappa shape index (κ1) is 17.1. The topological polar surface area (TPSA) is 68.5 Å². The van der Waals surface area contributed by atoms with Gasteiger partial charge in [0.05, 0.1) is 6.20 Å². The number of hydrogen-bond acceptors (Lipinski definition) is 4. The smallest absolute Gasteiger partial charge is 0.246 e. The van der Waals surface area contributed by atoms with Gasteiger partial charge in [0.2, 0.25) is 5.91 Å². The number of ether oxygens (including phenoxy) is 1. The molecule has 1 unspecified atom stereocenters. The minimum Gasteiger partial charge on any atom is -0.453 e. The first-order valence-electron chi connectivity index (χ1n) is 8.20. The molecule has 1 saturated heterocycles. The molecule has 3 rings (SSSR count). The fourth-order valence-electron chi connectivity index (χ4n) is 2.74. The number of halogens is 1. The van der Waals surface area contributed by atoms with E-state index in [1.54, 1.807) is 35.4 Å². The second-order valence-electron chi connectivity index (χ2n) is 5.99. The number of hydrogen-bond donors (Lipinski definition) is 1. The summed E-state index contributed by atoms with van der Waals surface area (Å²) in [5, 5.41) is 0. The van der Waals surface area contributed by atoms with Gasteiger partial charge in [0.15, 0.2) is 11.6 Å². The van der Waals surface area contributed by atoms with Crippen molar-refractivity contribution >= 4 is 12.0 Å². The average molecular weight is 341 g/mol. The Balaban J connectivity index is 1.63. The van der Waals surface area contributed by atoms with Gasteiger partial charge in [-0.2, -0.15) is 0 Å². The lowest BCUT2D eigenvalue weighted by atomic mass is 10.1. The Bertz CT molecular complexity index is 765. The summed E-state index contributed by atoms with van der Waals surface area (Å²) < 4.78 is 19.6. The third kappa shape index (κ3) is 4.42. The Morgan fingerprint density at radius 1 is 1.44 bits per heavy atom. The molecule has 25 heavy (non-hydrogen) atoms. The van der Waals surface area contributed by atoms with Crippen molar-refractivity contribution in [1.82, 2.24) is 9.88 Å². The van der Waals surface area contributed by atoms with Crippen LogP contribution in [0, 0.1) is 11.7 Å². The summed E-state index contributed by atoms with van der Waals surface area (Å²) in [4.78, 5) is 17.8. The third-order valence-electron chi connectivity index (χ3n) is 4.17. The normalized spacial score (nSPS) is 17.2. The maximum absolute atomic E-state index is 14.2. The van der Waals surface area contributed by atoms with E-state index in [0.29, 0.717) is 30.3 Å². The molecule has 2 heterocycles. The van der Waals surface area contributed by atoms with Crippen molar-refractivity contribution in [3.8, 4) is 11.5 Å². The van der Waals surface area contributed by atoms with E-state index in [1.807, 2.05) is 0 Å². The van der Waals surface area contributed by atoms with E-state index in [1.165, 1.54) is 24.4 Å². The predicted octanol–water partition coefficient (Wildman–Crippen LogP) is 2.83. The van der Waals surface area contributed by atoms with E-state index >= 15 is 0 Å². The molecule has 0 aliphatic carbocycles. The number of nitrogens with zero attached hydrogens (tertiary/aromatic N) is 2. The van der Waals surface area contributed by atoms with Crippen LogP contribution in [0.15, 0.2) is 48.8 Å². The zero-order chi connectivity index (χ0) is 17.6. The van der Waals surface area contributed by atoms with Crippen LogP contribution in [-0.4, -0.2) is 35.4 Å². The molecular formula is C19H20FN3O2. The summed E-state index contributed by atoms with van der Waals surface area (Å²) >= 11 is 0. The fourth-order valence-corrected chi connectivity index (χ4v) is 2.74. The van der Waals surface area contributed by atoms with Gasteiger partial charge in [-0.25, -0.2) is 4.39 Å². The lowest BCUT2D eigenvalue weighted by molar-refractivity contribution is -0.125. The van der Waals surface area contributed by atoms with E-state index in [0.717, 1.165) is 13.0 Å². The van der Waals surface area contributed by atoms with E-state index in [9.17, 15) is 9.18 Å². The first-order chi connectivity index (χ1) is 12.2. The highest BCUT2D eigenvalue weighted by Gasteiger charge is 2.23. The summed E-state index contributed by atoms with van der Waals surface area (Å²) in [5.74, 6) is 0.374. The van der Waals surface area contributed by atoms with Crippen LogP contribution in [0.5, 0.6) is 11.5 Å². The zero-order valence-electron chi connectivity index (χ0n) is 13.8. The molecule has 1 aromatic heterocycles. The third-order valence-corrected chi connectivity index (χ3v) is 4.17. The number of carbonyl (C=O) groups is 1. The number of likely N-dealkylation sites (tertiary alicyclic amines) is 1. The molecule has 6 heteroatoms. The molecule has 2 aromatic rings. The van der Waals surface area contributed by atoms with Crippen molar-refractivity contribution in [3.63, 3.8) is 0 Å². The maximum Gasteiger partial charge on any atom is 0.246 e. The minimum absolute atomic E-state index is 0.0768. The van der Waals surface area contributed by atoms with Gasteiger partial charge in [-0.15, -0.1) is 0 Å². The quantitative estimate of drug-likeness (QED) is 0.849. The number of amides is 1. The van der Waals surface area contributed by atoms with Gasteiger partial charge in [-0.3, -0.25) is 9.78 Å². The van der Waals surface area contributed by atoms with Gasteiger partial charge in [-0.05, 0) is 54.8 Å². The van der Waals surface area contributed by atoms with Gasteiger partial charge >= 0.3 is 0 Å². The summed E-state index contributed by atoms with van der Waals surface area (Å²) in [6.45, 7) is 2.00. The van der Waals surface area contributed by atoms with Gasteiger partial charge in [0, 0.05) is 25.4 Å². The zero-order valence-corrected chi connectivity index (χ0v) is 13.8. The van der Waals surface area contributed by atoms with E-state index < -0.39 is 5.82 Å². The Hall–Kier alpha value is -2.73.